The van der Waals surface area contributed by atoms with E-state index < -0.39 is 0 Å². The van der Waals surface area contributed by atoms with E-state index in [1.54, 1.807) is 4.68 Å². The van der Waals surface area contributed by atoms with Crippen molar-refractivity contribution in [1.29, 1.82) is 0 Å². The first-order chi connectivity index (χ1) is 13.6. The zero-order chi connectivity index (χ0) is 19.5. The lowest BCUT2D eigenvalue weighted by atomic mass is 9.88. The number of nitrogens with zero attached hydrogens (tertiary/aromatic N) is 3. The summed E-state index contributed by atoms with van der Waals surface area (Å²) in [6.45, 7) is 3.04. The summed E-state index contributed by atoms with van der Waals surface area (Å²) in [5, 5.41) is 10.9. The van der Waals surface area contributed by atoms with E-state index in [-0.39, 0.29) is 35.6 Å². The predicted molar refractivity (Wildman–Crippen MR) is 107 cm³/mol. The number of nitrogens with one attached hydrogen (secondary N) is 2. The number of carbonyl (C=O) groups excluding carboxylic acids is 2. The molecule has 2 aliphatic heterocycles. The minimum atomic E-state index is -0.0161. The third-order valence-corrected chi connectivity index (χ3v) is 6.81. The summed E-state index contributed by atoms with van der Waals surface area (Å²) in [5.74, 6) is 0.873. The number of likely N-dealkylation sites (tertiary alicyclic amines) is 1. The molecule has 0 unspecified atom stereocenters. The molecule has 0 aromatic carbocycles. The Morgan fingerprint density at radius 2 is 1.86 bits per heavy atom. The van der Waals surface area contributed by atoms with Crippen molar-refractivity contribution in [3.05, 3.63) is 18.0 Å². The van der Waals surface area contributed by atoms with Crippen molar-refractivity contribution in [2.75, 3.05) is 26.2 Å². The molecule has 7 nitrogen and oxygen atoms in total. The van der Waals surface area contributed by atoms with Gasteiger partial charge in [0.25, 0.3) is 0 Å². The quantitative estimate of drug-likeness (QED) is 0.819. The highest BCUT2D eigenvalue weighted by atomic mass is 16.2. The minimum Gasteiger partial charge on any atom is -0.353 e. The van der Waals surface area contributed by atoms with E-state index in [9.17, 15) is 9.59 Å². The summed E-state index contributed by atoms with van der Waals surface area (Å²) in [5.41, 5.74) is 1.14. The SMILES string of the molecule is Cn1cc([C@H]2CNC[C@@H]2C(=O)N2CCC(NC(=O)C3CCCCC3)CC2)cn1. The maximum atomic E-state index is 13.1. The molecule has 154 valence electrons. The second-order valence-corrected chi connectivity index (χ2v) is 8.76. The predicted octanol–water partition coefficient (Wildman–Crippen LogP) is 1.41. The van der Waals surface area contributed by atoms with Gasteiger partial charge in [0.1, 0.15) is 0 Å². The molecule has 2 atom stereocenters. The molecular formula is C21H33N5O2. The van der Waals surface area contributed by atoms with E-state index in [0.717, 1.165) is 57.4 Å². The average molecular weight is 388 g/mol. The number of amides is 2. The van der Waals surface area contributed by atoms with E-state index >= 15 is 0 Å². The molecule has 2 amide bonds. The highest BCUT2D eigenvalue weighted by Gasteiger charge is 2.38. The number of aromatic nitrogens is 2. The van der Waals surface area contributed by atoms with Crippen LogP contribution in [0.3, 0.4) is 0 Å². The highest BCUT2D eigenvalue weighted by Crippen LogP contribution is 2.30. The van der Waals surface area contributed by atoms with E-state index in [1.807, 2.05) is 24.3 Å². The summed E-state index contributed by atoms with van der Waals surface area (Å²) < 4.78 is 1.80. The molecule has 0 radical (unpaired) electrons. The Labute approximate surface area is 167 Å². The molecule has 3 heterocycles. The van der Waals surface area contributed by atoms with Crippen molar-refractivity contribution in [3.8, 4) is 0 Å². The Bertz CT molecular complexity index is 689. The number of carbonyl (C=O) groups is 2. The topological polar surface area (TPSA) is 79.3 Å². The highest BCUT2D eigenvalue weighted by molar-refractivity contribution is 5.81. The molecule has 0 spiro atoms. The van der Waals surface area contributed by atoms with E-state index in [4.69, 9.17) is 0 Å². The van der Waals surface area contributed by atoms with Crippen molar-refractivity contribution in [2.45, 2.75) is 56.9 Å². The lowest BCUT2D eigenvalue weighted by molar-refractivity contribution is -0.136. The molecular weight excluding hydrogens is 354 g/mol. The third-order valence-electron chi connectivity index (χ3n) is 6.81. The van der Waals surface area contributed by atoms with Gasteiger partial charge in [-0.15, -0.1) is 0 Å². The molecule has 1 aliphatic carbocycles. The molecule has 3 fully saturated rings. The second-order valence-electron chi connectivity index (χ2n) is 8.76. The normalized spacial score (nSPS) is 27.1. The van der Waals surface area contributed by atoms with Gasteiger partial charge < -0.3 is 15.5 Å². The van der Waals surface area contributed by atoms with Gasteiger partial charge in [-0.2, -0.15) is 5.10 Å². The summed E-state index contributed by atoms with van der Waals surface area (Å²) in [7, 11) is 1.91. The van der Waals surface area contributed by atoms with Crippen LogP contribution in [0.15, 0.2) is 12.4 Å². The Hall–Kier alpha value is -1.89. The van der Waals surface area contributed by atoms with Gasteiger partial charge in [-0.3, -0.25) is 14.3 Å². The summed E-state index contributed by atoms with van der Waals surface area (Å²) in [6, 6.07) is 0.217. The van der Waals surface area contributed by atoms with Gasteiger partial charge in [0.15, 0.2) is 0 Å². The fourth-order valence-corrected chi connectivity index (χ4v) is 5.08. The largest absolute Gasteiger partial charge is 0.353 e. The first kappa shape index (κ1) is 19.4. The maximum Gasteiger partial charge on any atom is 0.227 e. The van der Waals surface area contributed by atoms with Gasteiger partial charge in [0.2, 0.25) is 11.8 Å². The summed E-state index contributed by atoms with van der Waals surface area (Å²) in [6.07, 6.45) is 11.3. The summed E-state index contributed by atoms with van der Waals surface area (Å²) in [4.78, 5) is 27.6. The molecule has 1 aromatic rings. The fraction of sp³-hybridized carbons (Fsp3) is 0.762. The van der Waals surface area contributed by atoms with Gasteiger partial charge in [0, 0.05) is 57.3 Å². The van der Waals surface area contributed by atoms with Crippen LogP contribution in [0.5, 0.6) is 0 Å². The smallest absolute Gasteiger partial charge is 0.227 e. The minimum absolute atomic E-state index is 0.0161. The molecule has 2 saturated heterocycles. The van der Waals surface area contributed by atoms with Crippen LogP contribution in [0.4, 0.5) is 0 Å². The molecule has 7 heteroatoms. The molecule has 1 aromatic heterocycles. The van der Waals surface area contributed by atoms with Crippen LogP contribution in [0.2, 0.25) is 0 Å². The Kier molecular flexibility index (Phi) is 5.99. The van der Waals surface area contributed by atoms with Crippen LogP contribution < -0.4 is 10.6 Å². The van der Waals surface area contributed by atoms with Gasteiger partial charge in [-0.25, -0.2) is 0 Å². The number of aryl methyl sites for hydroxylation is 1. The van der Waals surface area contributed by atoms with Crippen molar-refractivity contribution in [3.63, 3.8) is 0 Å². The second kappa shape index (κ2) is 8.64. The number of hydrogen-bond donors (Lipinski definition) is 2. The first-order valence-electron chi connectivity index (χ1n) is 10.9. The Morgan fingerprint density at radius 3 is 2.54 bits per heavy atom. The third kappa shape index (κ3) is 4.24. The van der Waals surface area contributed by atoms with Gasteiger partial charge in [-0.05, 0) is 31.2 Å². The van der Waals surface area contributed by atoms with Gasteiger partial charge >= 0.3 is 0 Å². The van der Waals surface area contributed by atoms with Crippen LogP contribution in [0, 0.1) is 11.8 Å². The average Bonchev–Trinajstić information content (AvgIpc) is 3.37. The number of rotatable bonds is 4. The maximum absolute atomic E-state index is 13.1. The van der Waals surface area contributed by atoms with E-state index in [2.05, 4.69) is 15.7 Å². The zero-order valence-corrected chi connectivity index (χ0v) is 16.9. The van der Waals surface area contributed by atoms with E-state index in [1.165, 1.54) is 19.3 Å². The van der Waals surface area contributed by atoms with Crippen molar-refractivity contribution in [1.82, 2.24) is 25.3 Å². The molecule has 28 heavy (non-hydrogen) atoms. The monoisotopic (exact) mass is 387 g/mol. The van der Waals surface area contributed by atoms with Crippen molar-refractivity contribution in [2.24, 2.45) is 18.9 Å². The van der Waals surface area contributed by atoms with Crippen LogP contribution in [0.25, 0.3) is 0 Å². The van der Waals surface area contributed by atoms with E-state index in [0.29, 0.717) is 0 Å². The lowest BCUT2D eigenvalue weighted by Gasteiger charge is -2.35. The summed E-state index contributed by atoms with van der Waals surface area (Å²) >= 11 is 0. The van der Waals surface area contributed by atoms with Crippen LogP contribution in [-0.2, 0) is 16.6 Å². The van der Waals surface area contributed by atoms with Crippen LogP contribution >= 0.6 is 0 Å². The standard InChI is InChI=1S/C21H33N5O2/c1-25-14-16(11-23-25)18-12-22-13-19(18)21(28)26-9-7-17(8-10-26)24-20(27)15-5-3-2-4-6-15/h11,14-15,17-19,22H,2-10,12-13H2,1H3,(H,24,27)/t18-,19+/m1/s1. The molecule has 0 bridgehead atoms. The number of hydrogen-bond acceptors (Lipinski definition) is 4. The van der Waals surface area contributed by atoms with Crippen LogP contribution in [0.1, 0.15) is 56.4 Å². The molecule has 1 saturated carbocycles. The number of piperidine rings is 1. The Balaban J connectivity index is 1.28. The molecule has 4 rings (SSSR count). The van der Waals surface area contributed by atoms with Gasteiger partial charge in [-0.1, -0.05) is 19.3 Å². The van der Waals surface area contributed by atoms with Gasteiger partial charge in [0.05, 0.1) is 12.1 Å². The fourth-order valence-electron chi connectivity index (χ4n) is 5.08. The van der Waals surface area contributed by atoms with Crippen molar-refractivity contribution < 1.29 is 9.59 Å². The Morgan fingerprint density at radius 1 is 1.11 bits per heavy atom. The first-order valence-corrected chi connectivity index (χ1v) is 10.9. The molecule has 2 N–H and O–H groups in total. The zero-order valence-electron chi connectivity index (χ0n) is 16.9. The van der Waals surface area contributed by atoms with Crippen molar-refractivity contribution >= 4 is 11.8 Å². The van der Waals surface area contributed by atoms with Crippen LogP contribution in [-0.4, -0.2) is 58.7 Å². The molecule has 3 aliphatic rings. The lowest BCUT2D eigenvalue weighted by Crippen LogP contribution is -2.49.